The molecule has 2 fully saturated rings. The van der Waals surface area contributed by atoms with E-state index < -0.39 is 5.82 Å². The SMILES string of the molecule is Cc1cn2cc(NC(=O)c3ccc(N4CC[C@@H](N5C[C@@H](C)N[C@@H](C)C5)C4)c4cn(C)nc34)cc(F)c2n1. The molecule has 2 aliphatic heterocycles. The first-order valence-corrected chi connectivity index (χ1v) is 12.9. The van der Waals surface area contributed by atoms with Gasteiger partial charge >= 0.3 is 0 Å². The molecule has 2 saturated heterocycles. The van der Waals surface area contributed by atoms with Crippen molar-refractivity contribution in [3.05, 3.63) is 53.9 Å². The molecule has 0 unspecified atom stereocenters. The lowest BCUT2D eigenvalue weighted by molar-refractivity contribution is 0.102. The van der Waals surface area contributed by atoms with Crippen LogP contribution in [0.15, 0.2) is 36.8 Å². The van der Waals surface area contributed by atoms with E-state index in [0.717, 1.165) is 43.7 Å². The summed E-state index contributed by atoms with van der Waals surface area (Å²) in [5.74, 6) is -0.810. The number of nitrogens with one attached hydrogen (secondary N) is 2. The van der Waals surface area contributed by atoms with Crippen LogP contribution in [0.25, 0.3) is 16.6 Å². The lowest BCUT2D eigenvalue weighted by Gasteiger charge is -2.39. The number of carbonyl (C=O) groups excluding carboxylic acids is 1. The fraction of sp³-hybridized carbons (Fsp3) is 0.444. The number of nitrogens with zero attached hydrogens (tertiary/aromatic N) is 6. The molecular weight excluding hydrogens is 471 g/mol. The number of aromatic nitrogens is 4. The highest BCUT2D eigenvalue weighted by Gasteiger charge is 2.33. The van der Waals surface area contributed by atoms with E-state index in [1.807, 2.05) is 25.4 Å². The van der Waals surface area contributed by atoms with E-state index in [0.29, 0.717) is 40.6 Å². The number of anilines is 2. The first-order chi connectivity index (χ1) is 17.7. The van der Waals surface area contributed by atoms with Crippen LogP contribution in [0.5, 0.6) is 0 Å². The van der Waals surface area contributed by atoms with E-state index >= 15 is 0 Å². The first kappa shape index (κ1) is 23.9. The zero-order valence-corrected chi connectivity index (χ0v) is 21.7. The molecule has 3 atom stereocenters. The van der Waals surface area contributed by atoms with Crippen molar-refractivity contribution < 1.29 is 9.18 Å². The van der Waals surface area contributed by atoms with Crippen LogP contribution in [-0.2, 0) is 7.05 Å². The molecule has 194 valence electrons. The van der Waals surface area contributed by atoms with Gasteiger partial charge in [-0.3, -0.25) is 14.4 Å². The number of aryl methyl sites for hydroxylation is 2. The van der Waals surface area contributed by atoms with Crippen molar-refractivity contribution in [2.75, 3.05) is 36.4 Å². The average molecular weight is 505 g/mol. The smallest absolute Gasteiger partial charge is 0.257 e. The highest BCUT2D eigenvalue weighted by atomic mass is 19.1. The minimum atomic E-state index is -0.485. The fourth-order valence-corrected chi connectivity index (χ4v) is 6.04. The van der Waals surface area contributed by atoms with Gasteiger partial charge in [-0.05, 0) is 39.3 Å². The van der Waals surface area contributed by atoms with Gasteiger partial charge in [-0.15, -0.1) is 0 Å². The van der Waals surface area contributed by atoms with Crippen LogP contribution in [-0.4, -0.2) is 74.3 Å². The van der Waals surface area contributed by atoms with Crippen molar-refractivity contribution in [1.82, 2.24) is 29.4 Å². The molecule has 0 saturated carbocycles. The molecule has 0 radical (unpaired) electrons. The second kappa shape index (κ2) is 9.11. The summed E-state index contributed by atoms with van der Waals surface area (Å²) in [6.07, 6.45) is 6.49. The predicted molar refractivity (Wildman–Crippen MR) is 143 cm³/mol. The molecule has 2 aliphatic rings. The summed E-state index contributed by atoms with van der Waals surface area (Å²) in [5.41, 5.74) is 3.51. The second-order valence-electron chi connectivity index (χ2n) is 10.7. The average Bonchev–Trinajstić information content (AvgIpc) is 3.55. The Balaban J connectivity index is 1.26. The van der Waals surface area contributed by atoms with Crippen LogP contribution >= 0.6 is 0 Å². The third kappa shape index (κ3) is 4.44. The Morgan fingerprint density at radius 3 is 2.70 bits per heavy atom. The molecule has 6 rings (SSSR count). The molecule has 10 heteroatoms. The quantitative estimate of drug-likeness (QED) is 0.444. The molecule has 0 bridgehead atoms. The second-order valence-corrected chi connectivity index (χ2v) is 10.7. The van der Waals surface area contributed by atoms with Gasteiger partial charge in [-0.1, -0.05) is 0 Å². The molecule has 37 heavy (non-hydrogen) atoms. The summed E-state index contributed by atoms with van der Waals surface area (Å²) in [7, 11) is 1.87. The number of benzene rings is 1. The van der Waals surface area contributed by atoms with Crippen LogP contribution in [0, 0.1) is 12.7 Å². The van der Waals surface area contributed by atoms with Crippen LogP contribution in [0.2, 0.25) is 0 Å². The normalized spacial score (nSPS) is 22.8. The monoisotopic (exact) mass is 504 g/mol. The van der Waals surface area contributed by atoms with Crippen LogP contribution in [0.3, 0.4) is 0 Å². The molecule has 1 aromatic carbocycles. The molecule has 9 nitrogen and oxygen atoms in total. The van der Waals surface area contributed by atoms with Crippen LogP contribution in [0.4, 0.5) is 15.8 Å². The van der Waals surface area contributed by atoms with Gasteiger partial charge in [-0.25, -0.2) is 9.37 Å². The summed E-state index contributed by atoms with van der Waals surface area (Å²) in [4.78, 5) is 22.5. The molecule has 3 aromatic heterocycles. The van der Waals surface area contributed by atoms with Crippen molar-refractivity contribution in [3.8, 4) is 0 Å². The van der Waals surface area contributed by atoms with Crippen molar-refractivity contribution in [1.29, 1.82) is 0 Å². The van der Waals surface area contributed by atoms with E-state index in [1.54, 1.807) is 28.4 Å². The Kier molecular flexibility index (Phi) is 5.88. The van der Waals surface area contributed by atoms with E-state index in [9.17, 15) is 9.18 Å². The van der Waals surface area contributed by atoms with Crippen LogP contribution < -0.4 is 15.5 Å². The molecule has 0 spiro atoms. The highest BCUT2D eigenvalue weighted by Crippen LogP contribution is 2.33. The number of fused-ring (bicyclic) bond motifs is 2. The van der Waals surface area contributed by atoms with Crippen molar-refractivity contribution >= 4 is 33.8 Å². The van der Waals surface area contributed by atoms with Gasteiger partial charge in [0.05, 0.1) is 16.9 Å². The van der Waals surface area contributed by atoms with Crippen LogP contribution in [0.1, 0.15) is 36.3 Å². The number of carbonyl (C=O) groups is 1. The molecule has 0 aliphatic carbocycles. The zero-order chi connectivity index (χ0) is 25.8. The Labute approximate surface area is 215 Å². The van der Waals surface area contributed by atoms with Crippen molar-refractivity contribution in [2.45, 2.75) is 45.3 Å². The predicted octanol–water partition coefficient (Wildman–Crippen LogP) is 3.18. The van der Waals surface area contributed by atoms with Gasteiger partial charge < -0.3 is 19.9 Å². The maximum Gasteiger partial charge on any atom is 0.257 e. The van der Waals surface area contributed by atoms with Crippen molar-refractivity contribution in [2.24, 2.45) is 7.05 Å². The van der Waals surface area contributed by atoms with Crippen molar-refractivity contribution in [3.63, 3.8) is 0 Å². The van der Waals surface area contributed by atoms with Gasteiger partial charge in [0.1, 0.15) is 5.52 Å². The minimum absolute atomic E-state index is 0.237. The number of halogens is 1. The Morgan fingerprint density at radius 1 is 1.14 bits per heavy atom. The third-order valence-corrected chi connectivity index (χ3v) is 7.50. The lowest BCUT2D eigenvalue weighted by atomic mass is 10.1. The molecule has 1 amide bonds. The molecule has 5 heterocycles. The van der Waals surface area contributed by atoms with Gasteiger partial charge in [0, 0.05) is 87.1 Å². The largest absolute Gasteiger partial charge is 0.369 e. The number of hydrogen-bond donors (Lipinski definition) is 2. The van der Waals surface area contributed by atoms with Gasteiger partial charge in [0.15, 0.2) is 11.5 Å². The van der Waals surface area contributed by atoms with E-state index in [-0.39, 0.29) is 11.6 Å². The summed E-state index contributed by atoms with van der Waals surface area (Å²) >= 11 is 0. The number of imidazole rings is 1. The third-order valence-electron chi connectivity index (χ3n) is 7.50. The highest BCUT2D eigenvalue weighted by molar-refractivity contribution is 6.13. The number of rotatable bonds is 4. The maximum absolute atomic E-state index is 14.5. The summed E-state index contributed by atoms with van der Waals surface area (Å²) in [6.45, 7) is 10.4. The number of hydrogen-bond acceptors (Lipinski definition) is 6. The van der Waals surface area contributed by atoms with E-state index in [1.165, 1.54) is 6.07 Å². The van der Waals surface area contributed by atoms with E-state index in [4.69, 9.17) is 0 Å². The zero-order valence-electron chi connectivity index (χ0n) is 21.7. The molecular formula is C27H33FN8O. The molecule has 2 N–H and O–H groups in total. The summed E-state index contributed by atoms with van der Waals surface area (Å²) in [6, 6.07) is 6.65. The molecule has 4 aromatic rings. The van der Waals surface area contributed by atoms with Gasteiger partial charge in [-0.2, -0.15) is 5.10 Å². The Morgan fingerprint density at radius 2 is 1.92 bits per heavy atom. The summed E-state index contributed by atoms with van der Waals surface area (Å²) < 4.78 is 17.9. The topological polar surface area (TPSA) is 82.7 Å². The maximum atomic E-state index is 14.5. The number of piperazine rings is 1. The Bertz CT molecular complexity index is 1480. The number of pyridine rings is 1. The first-order valence-electron chi connectivity index (χ1n) is 12.9. The van der Waals surface area contributed by atoms with E-state index in [2.05, 4.69) is 44.4 Å². The number of amides is 1. The summed E-state index contributed by atoms with van der Waals surface area (Å²) in [5, 5.41) is 12.0. The minimum Gasteiger partial charge on any atom is -0.369 e. The standard InChI is InChI=1S/C27H33FN8O/c1-16-10-35(11-17(2)29-16)20-7-8-34(14-20)24-6-5-21(25-22(24)15-33(4)32-25)27(37)31-19-9-23(28)26-30-18(3)12-36(26)13-19/h5-6,9,12-13,15-17,20,29H,7-8,10-11,14H2,1-4H3,(H,31,37)/t16-,17+,20-/m1/s1. The Hall–Kier alpha value is -3.50. The lowest BCUT2D eigenvalue weighted by Crippen LogP contribution is -2.57. The van der Waals surface area contributed by atoms with Gasteiger partial charge in [0.25, 0.3) is 5.91 Å². The van der Waals surface area contributed by atoms with Gasteiger partial charge in [0.2, 0.25) is 0 Å². The fourth-order valence-electron chi connectivity index (χ4n) is 6.04.